The maximum absolute atomic E-state index is 5.58. The lowest BCUT2D eigenvalue weighted by atomic mass is 10.2. The van der Waals surface area contributed by atoms with Gasteiger partial charge in [0.1, 0.15) is 5.75 Å². The van der Waals surface area contributed by atoms with E-state index in [4.69, 9.17) is 4.74 Å². The number of anilines is 1. The first-order valence-electron chi connectivity index (χ1n) is 6.91. The molecule has 2 rings (SSSR count). The maximum Gasteiger partial charge on any atom is 0.119 e. The first kappa shape index (κ1) is 14.9. The molecule has 0 fully saturated rings. The van der Waals surface area contributed by atoms with Gasteiger partial charge >= 0.3 is 0 Å². The molecule has 106 valence electrons. The van der Waals surface area contributed by atoms with Crippen LogP contribution in [0.25, 0.3) is 0 Å². The second kappa shape index (κ2) is 7.34. The van der Waals surface area contributed by atoms with Gasteiger partial charge in [-0.05, 0) is 58.6 Å². The number of halogens is 1. The van der Waals surface area contributed by atoms with E-state index in [1.165, 1.54) is 11.1 Å². The molecule has 2 aromatic carbocycles. The fourth-order valence-electron chi connectivity index (χ4n) is 1.90. The molecule has 0 unspecified atom stereocenters. The molecule has 0 atom stereocenters. The molecular formula is C17H20BrNO. The SMILES string of the molecule is CCCOc1ccc(CNc2cccc(C)c2Br)cc1. The topological polar surface area (TPSA) is 21.3 Å². The Bertz CT molecular complexity index is 551. The summed E-state index contributed by atoms with van der Waals surface area (Å²) in [6.45, 7) is 5.77. The highest BCUT2D eigenvalue weighted by atomic mass is 79.9. The van der Waals surface area contributed by atoms with E-state index in [2.05, 4.69) is 65.4 Å². The van der Waals surface area contributed by atoms with Gasteiger partial charge in [-0.2, -0.15) is 0 Å². The number of hydrogen-bond donors (Lipinski definition) is 1. The third-order valence-electron chi connectivity index (χ3n) is 3.07. The molecule has 0 aliphatic rings. The largest absolute Gasteiger partial charge is 0.494 e. The molecule has 0 heterocycles. The first-order chi connectivity index (χ1) is 9.70. The van der Waals surface area contributed by atoms with E-state index in [1.54, 1.807) is 0 Å². The van der Waals surface area contributed by atoms with Gasteiger partial charge in [-0.25, -0.2) is 0 Å². The van der Waals surface area contributed by atoms with Crippen LogP contribution in [0.1, 0.15) is 24.5 Å². The van der Waals surface area contributed by atoms with Gasteiger partial charge in [0.2, 0.25) is 0 Å². The van der Waals surface area contributed by atoms with Crippen LogP contribution in [0.5, 0.6) is 5.75 Å². The fraction of sp³-hybridized carbons (Fsp3) is 0.294. The summed E-state index contributed by atoms with van der Waals surface area (Å²) in [4.78, 5) is 0. The van der Waals surface area contributed by atoms with Crippen LogP contribution >= 0.6 is 15.9 Å². The summed E-state index contributed by atoms with van der Waals surface area (Å²) < 4.78 is 6.71. The highest BCUT2D eigenvalue weighted by Crippen LogP contribution is 2.26. The van der Waals surface area contributed by atoms with Crippen LogP contribution in [-0.4, -0.2) is 6.61 Å². The van der Waals surface area contributed by atoms with E-state index < -0.39 is 0 Å². The molecule has 3 heteroatoms. The van der Waals surface area contributed by atoms with Gasteiger partial charge in [0, 0.05) is 16.7 Å². The van der Waals surface area contributed by atoms with Crippen LogP contribution in [0, 0.1) is 6.92 Å². The monoisotopic (exact) mass is 333 g/mol. The zero-order valence-corrected chi connectivity index (χ0v) is 13.5. The summed E-state index contributed by atoms with van der Waals surface area (Å²) in [6.07, 6.45) is 1.03. The molecule has 0 spiro atoms. The molecular weight excluding hydrogens is 314 g/mol. The molecule has 0 aliphatic carbocycles. The van der Waals surface area contributed by atoms with Gasteiger partial charge in [-0.15, -0.1) is 0 Å². The smallest absolute Gasteiger partial charge is 0.119 e. The Kier molecular flexibility index (Phi) is 5.48. The molecule has 0 bridgehead atoms. The van der Waals surface area contributed by atoms with Crippen molar-refractivity contribution in [1.29, 1.82) is 0 Å². The molecule has 0 saturated heterocycles. The van der Waals surface area contributed by atoms with Crippen LogP contribution in [0.2, 0.25) is 0 Å². The quantitative estimate of drug-likeness (QED) is 0.788. The molecule has 0 radical (unpaired) electrons. The van der Waals surface area contributed by atoms with E-state index in [9.17, 15) is 0 Å². The minimum absolute atomic E-state index is 0.772. The lowest BCUT2D eigenvalue weighted by molar-refractivity contribution is 0.317. The van der Waals surface area contributed by atoms with E-state index >= 15 is 0 Å². The highest BCUT2D eigenvalue weighted by Gasteiger charge is 2.02. The molecule has 1 N–H and O–H groups in total. The minimum Gasteiger partial charge on any atom is -0.494 e. The van der Waals surface area contributed by atoms with Crippen molar-refractivity contribution < 1.29 is 4.74 Å². The van der Waals surface area contributed by atoms with Crippen molar-refractivity contribution in [3.8, 4) is 5.75 Å². The van der Waals surface area contributed by atoms with Crippen LogP contribution in [-0.2, 0) is 6.54 Å². The van der Waals surface area contributed by atoms with Crippen molar-refractivity contribution in [2.24, 2.45) is 0 Å². The molecule has 0 amide bonds. The highest BCUT2D eigenvalue weighted by molar-refractivity contribution is 9.10. The van der Waals surface area contributed by atoms with Gasteiger partial charge in [0.25, 0.3) is 0 Å². The number of nitrogens with one attached hydrogen (secondary N) is 1. The van der Waals surface area contributed by atoms with Crippen LogP contribution in [0.15, 0.2) is 46.9 Å². The zero-order valence-electron chi connectivity index (χ0n) is 11.9. The molecule has 0 aliphatic heterocycles. The van der Waals surface area contributed by atoms with E-state index in [0.29, 0.717) is 0 Å². The Morgan fingerprint density at radius 3 is 2.55 bits per heavy atom. The average molecular weight is 334 g/mol. The van der Waals surface area contributed by atoms with Gasteiger partial charge < -0.3 is 10.1 Å². The molecule has 0 saturated carbocycles. The average Bonchev–Trinajstić information content (AvgIpc) is 2.48. The maximum atomic E-state index is 5.58. The Morgan fingerprint density at radius 1 is 1.10 bits per heavy atom. The van der Waals surface area contributed by atoms with Crippen molar-refractivity contribution in [3.05, 3.63) is 58.1 Å². The molecule has 2 aromatic rings. The number of hydrogen-bond acceptors (Lipinski definition) is 2. The zero-order chi connectivity index (χ0) is 14.4. The predicted molar refractivity (Wildman–Crippen MR) is 88.4 cm³/mol. The fourth-order valence-corrected chi connectivity index (χ4v) is 2.31. The van der Waals surface area contributed by atoms with Gasteiger partial charge in [0.15, 0.2) is 0 Å². The van der Waals surface area contributed by atoms with E-state index in [1.807, 2.05) is 12.1 Å². The molecule has 0 aromatic heterocycles. The number of benzene rings is 2. The predicted octanol–water partition coefficient (Wildman–Crippen LogP) is 5.16. The van der Waals surface area contributed by atoms with Gasteiger partial charge in [0.05, 0.1) is 6.61 Å². The third-order valence-corrected chi connectivity index (χ3v) is 4.12. The third kappa shape index (κ3) is 4.01. The number of rotatable bonds is 6. The summed E-state index contributed by atoms with van der Waals surface area (Å²) in [5, 5.41) is 3.44. The number of aryl methyl sites for hydroxylation is 1. The van der Waals surface area contributed by atoms with Gasteiger partial charge in [-0.3, -0.25) is 0 Å². The number of ether oxygens (including phenoxy) is 1. The van der Waals surface area contributed by atoms with E-state index in [-0.39, 0.29) is 0 Å². The second-order valence-electron chi connectivity index (χ2n) is 4.78. The lowest BCUT2D eigenvalue weighted by Gasteiger charge is -2.11. The Balaban J connectivity index is 1.95. The molecule has 2 nitrogen and oxygen atoms in total. The van der Waals surface area contributed by atoms with E-state index in [0.717, 1.165) is 35.5 Å². The summed E-state index contributed by atoms with van der Waals surface area (Å²) in [5.41, 5.74) is 3.59. The van der Waals surface area contributed by atoms with Crippen LogP contribution in [0.4, 0.5) is 5.69 Å². The molecule has 20 heavy (non-hydrogen) atoms. The Morgan fingerprint density at radius 2 is 1.85 bits per heavy atom. The lowest BCUT2D eigenvalue weighted by Crippen LogP contribution is -2.01. The van der Waals surface area contributed by atoms with Crippen molar-refractivity contribution in [2.45, 2.75) is 26.8 Å². The first-order valence-corrected chi connectivity index (χ1v) is 7.70. The van der Waals surface area contributed by atoms with Crippen LogP contribution in [0.3, 0.4) is 0 Å². The Labute approximate surface area is 129 Å². The summed E-state index contributed by atoms with van der Waals surface area (Å²) in [5.74, 6) is 0.937. The van der Waals surface area contributed by atoms with Gasteiger partial charge in [-0.1, -0.05) is 31.2 Å². The van der Waals surface area contributed by atoms with Crippen molar-refractivity contribution in [2.75, 3.05) is 11.9 Å². The van der Waals surface area contributed by atoms with Crippen molar-refractivity contribution in [3.63, 3.8) is 0 Å². The van der Waals surface area contributed by atoms with Crippen molar-refractivity contribution >= 4 is 21.6 Å². The summed E-state index contributed by atoms with van der Waals surface area (Å²) in [6, 6.07) is 14.5. The summed E-state index contributed by atoms with van der Waals surface area (Å²) in [7, 11) is 0. The summed E-state index contributed by atoms with van der Waals surface area (Å²) >= 11 is 3.61. The second-order valence-corrected chi connectivity index (χ2v) is 5.58. The Hall–Kier alpha value is -1.48. The standard InChI is InChI=1S/C17H20BrNO/c1-3-11-20-15-9-7-14(8-10-15)12-19-16-6-4-5-13(2)17(16)18/h4-10,19H,3,11-12H2,1-2H3. The normalized spacial score (nSPS) is 10.3. The van der Waals surface area contributed by atoms with Crippen molar-refractivity contribution in [1.82, 2.24) is 0 Å². The minimum atomic E-state index is 0.772. The van der Waals surface area contributed by atoms with Crippen LogP contribution < -0.4 is 10.1 Å².